The Balaban J connectivity index is 1.83. The molecule has 25 heavy (non-hydrogen) atoms. The number of fused-ring (bicyclic) bond motifs is 1. The zero-order chi connectivity index (χ0) is 17.4. The van der Waals surface area contributed by atoms with Crippen molar-refractivity contribution in [2.75, 3.05) is 5.32 Å². The van der Waals surface area contributed by atoms with Gasteiger partial charge < -0.3 is 10.4 Å². The molecule has 0 aliphatic carbocycles. The topological polar surface area (TPSA) is 58.0 Å². The minimum absolute atomic E-state index is 0.202. The van der Waals surface area contributed by atoms with Gasteiger partial charge in [0, 0.05) is 4.88 Å². The van der Waals surface area contributed by atoms with Crippen LogP contribution in [0, 0.1) is 13.8 Å². The minimum Gasteiger partial charge on any atom is -0.506 e. The molecular weight excluding hydrogens is 330 g/mol. The van der Waals surface area contributed by atoms with Crippen LogP contribution in [-0.4, -0.2) is 15.1 Å². The Hall–Kier alpha value is -2.92. The highest BCUT2D eigenvalue weighted by Gasteiger charge is 2.13. The average molecular weight is 347 g/mol. The molecule has 0 saturated heterocycles. The number of phenols is 1. The molecule has 4 nitrogen and oxygen atoms in total. The molecule has 0 bridgehead atoms. The molecule has 0 radical (unpaired) electrons. The summed E-state index contributed by atoms with van der Waals surface area (Å²) in [5.41, 5.74) is 2.87. The number of aromatic hydroxyl groups is 1. The second-order valence-electron chi connectivity index (χ2n) is 5.96. The van der Waals surface area contributed by atoms with Gasteiger partial charge in [0.2, 0.25) is 0 Å². The number of thiophene rings is 1. The van der Waals surface area contributed by atoms with E-state index < -0.39 is 0 Å². The van der Waals surface area contributed by atoms with Crippen molar-refractivity contribution in [1.29, 1.82) is 0 Å². The van der Waals surface area contributed by atoms with Crippen LogP contribution in [0.1, 0.15) is 11.4 Å². The second kappa shape index (κ2) is 6.18. The van der Waals surface area contributed by atoms with Crippen molar-refractivity contribution >= 4 is 33.1 Å². The summed E-state index contributed by atoms with van der Waals surface area (Å²) in [6, 6.07) is 17.8. The van der Waals surface area contributed by atoms with Crippen LogP contribution in [0.5, 0.6) is 5.75 Å². The third-order valence-corrected chi connectivity index (χ3v) is 5.05. The van der Waals surface area contributed by atoms with Crippen LogP contribution in [0.25, 0.3) is 20.7 Å². The maximum atomic E-state index is 10.1. The molecule has 4 aromatic rings. The quantitative estimate of drug-likeness (QED) is 0.486. The van der Waals surface area contributed by atoms with Crippen molar-refractivity contribution in [2.24, 2.45) is 0 Å². The number of nitrogens with zero attached hydrogens (tertiary/aromatic N) is 2. The van der Waals surface area contributed by atoms with Crippen molar-refractivity contribution in [3.63, 3.8) is 0 Å². The molecule has 2 aromatic heterocycles. The summed E-state index contributed by atoms with van der Waals surface area (Å²) < 4.78 is 0. The Labute approximate surface area is 149 Å². The molecule has 4 rings (SSSR count). The molecule has 0 aliphatic heterocycles. The Kier molecular flexibility index (Phi) is 3.86. The molecule has 0 unspecified atom stereocenters. The van der Waals surface area contributed by atoms with E-state index in [-0.39, 0.29) is 5.75 Å². The minimum atomic E-state index is 0.202. The Morgan fingerprint density at radius 3 is 2.56 bits per heavy atom. The van der Waals surface area contributed by atoms with Crippen LogP contribution < -0.4 is 5.32 Å². The fourth-order valence-electron chi connectivity index (χ4n) is 2.75. The molecule has 0 amide bonds. The standard InChI is InChI=1S/C20H17N3OS/c1-12-8-9-17(24)16(10-12)23-19-15-11-18(14-6-4-3-5-7-14)25-20(15)22-13(2)21-19/h3-11,24H,1-2H3,(H,21,22,23). The van der Waals surface area contributed by atoms with Crippen molar-refractivity contribution in [1.82, 2.24) is 9.97 Å². The highest BCUT2D eigenvalue weighted by atomic mass is 32.1. The lowest BCUT2D eigenvalue weighted by molar-refractivity contribution is 0.477. The molecule has 0 spiro atoms. The first-order valence-electron chi connectivity index (χ1n) is 8.00. The van der Waals surface area contributed by atoms with E-state index in [1.54, 1.807) is 17.4 Å². The normalized spacial score (nSPS) is 11.0. The maximum Gasteiger partial charge on any atom is 0.143 e. The number of phenolic OH excluding ortho intramolecular Hbond substituents is 1. The van der Waals surface area contributed by atoms with Gasteiger partial charge in [0.1, 0.15) is 22.2 Å². The summed E-state index contributed by atoms with van der Waals surface area (Å²) in [5, 5.41) is 14.3. The summed E-state index contributed by atoms with van der Waals surface area (Å²) in [6.07, 6.45) is 0. The number of aryl methyl sites for hydroxylation is 2. The van der Waals surface area contributed by atoms with E-state index in [9.17, 15) is 5.11 Å². The van der Waals surface area contributed by atoms with Gasteiger partial charge in [-0.1, -0.05) is 36.4 Å². The van der Waals surface area contributed by atoms with Crippen molar-refractivity contribution in [2.45, 2.75) is 13.8 Å². The van der Waals surface area contributed by atoms with Gasteiger partial charge in [-0.25, -0.2) is 9.97 Å². The Morgan fingerprint density at radius 2 is 1.76 bits per heavy atom. The number of hydrogen-bond acceptors (Lipinski definition) is 5. The van der Waals surface area contributed by atoms with Gasteiger partial charge in [0.05, 0.1) is 11.1 Å². The Bertz CT molecular complexity index is 1060. The fraction of sp³-hybridized carbons (Fsp3) is 0.100. The predicted octanol–water partition coefficient (Wildman–Crippen LogP) is 5.42. The van der Waals surface area contributed by atoms with Crippen LogP contribution in [0.3, 0.4) is 0 Å². The van der Waals surface area contributed by atoms with Crippen LogP contribution in [-0.2, 0) is 0 Å². The summed E-state index contributed by atoms with van der Waals surface area (Å²) in [4.78, 5) is 11.2. The zero-order valence-corrected chi connectivity index (χ0v) is 14.8. The predicted molar refractivity (Wildman–Crippen MR) is 104 cm³/mol. The van der Waals surface area contributed by atoms with E-state index in [0.29, 0.717) is 17.3 Å². The first-order chi connectivity index (χ1) is 12.1. The maximum absolute atomic E-state index is 10.1. The molecule has 2 N–H and O–H groups in total. The van der Waals surface area contributed by atoms with Gasteiger partial charge in [-0.3, -0.25) is 0 Å². The molecule has 0 atom stereocenters. The summed E-state index contributed by atoms with van der Waals surface area (Å²) >= 11 is 1.64. The third kappa shape index (κ3) is 3.06. The van der Waals surface area contributed by atoms with Gasteiger partial charge in [0.15, 0.2) is 0 Å². The van der Waals surface area contributed by atoms with E-state index in [1.165, 1.54) is 0 Å². The second-order valence-corrected chi connectivity index (χ2v) is 6.99. The molecule has 0 saturated carbocycles. The zero-order valence-electron chi connectivity index (χ0n) is 13.9. The molecule has 5 heteroatoms. The molecule has 2 heterocycles. The molecule has 0 fully saturated rings. The van der Waals surface area contributed by atoms with E-state index in [2.05, 4.69) is 33.5 Å². The van der Waals surface area contributed by atoms with Crippen LogP contribution >= 0.6 is 11.3 Å². The van der Waals surface area contributed by atoms with Crippen molar-refractivity contribution in [3.8, 4) is 16.2 Å². The number of anilines is 2. The number of benzene rings is 2. The molecule has 2 aromatic carbocycles. The van der Waals surface area contributed by atoms with Gasteiger partial charge >= 0.3 is 0 Å². The monoisotopic (exact) mass is 347 g/mol. The number of rotatable bonds is 3. The van der Waals surface area contributed by atoms with Crippen LogP contribution in [0.15, 0.2) is 54.6 Å². The van der Waals surface area contributed by atoms with Crippen LogP contribution in [0.2, 0.25) is 0 Å². The van der Waals surface area contributed by atoms with Gasteiger partial charge in [0.25, 0.3) is 0 Å². The molecule has 124 valence electrons. The lowest BCUT2D eigenvalue weighted by Crippen LogP contribution is -1.98. The summed E-state index contributed by atoms with van der Waals surface area (Å²) in [6.45, 7) is 3.87. The lowest BCUT2D eigenvalue weighted by atomic mass is 10.2. The number of aromatic nitrogens is 2. The first kappa shape index (κ1) is 15.6. The van der Waals surface area contributed by atoms with E-state index in [0.717, 1.165) is 26.2 Å². The Morgan fingerprint density at radius 1 is 0.960 bits per heavy atom. The highest BCUT2D eigenvalue weighted by molar-refractivity contribution is 7.21. The fourth-order valence-corrected chi connectivity index (χ4v) is 3.83. The molecule has 0 aliphatic rings. The number of hydrogen-bond donors (Lipinski definition) is 2. The lowest BCUT2D eigenvalue weighted by Gasteiger charge is -2.10. The van der Waals surface area contributed by atoms with E-state index in [1.807, 2.05) is 44.2 Å². The molecular formula is C20H17N3OS. The first-order valence-corrected chi connectivity index (χ1v) is 8.82. The third-order valence-electron chi connectivity index (χ3n) is 3.97. The number of nitrogens with one attached hydrogen (secondary N) is 1. The van der Waals surface area contributed by atoms with E-state index in [4.69, 9.17) is 0 Å². The SMILES string of the molecule is Cc1ccc(O)c(Nc2nc(C)nc3sc(-c4ccccc4)cc23)c1. The van der Waals surface area contributed by atoms with Crippen molar-refractivity contribution in [3.05, 3.63) is 66.0 Å². The highest BCUT2D eigenvalue weighted by Crippen LogP contribution is 2.37. The summed E-state index contributed by atoms with van der Waals surface area (Å²) in [7, 11) is 0. The average Bonchev–Trinajstić information content (AvgIpc) is 3.03. The van der Waals surface area contributed by atoms with Gasteiger partial charge in [-0.05, 0) is 43.2 Å². The van der Waals surface area contributed by atoms with Gasteiger partial charge in [-0.15, -0.1) is 11.3 Å². The summed E-state index contributed by atoms with van der Waals surface area (Å²) in [5.74, 6) is 1.61. The smallest absolute Gasteiger partial charge is 0.143 e. The largest absolute Gasteiger partial charge is 0.506 e. The van der Waals surface area contributed by atoms with Crippen molar-refractivity contribution < 1.29 is 5.11 Å². The van der Waals surface area contributed by atoms with Crippen LogP contribution in [0.4, 0.5) is 11.5 Å². The van der Waals surface area contributed by atoms with E-state index >= 15 is 0 Å². The van der Waals surface area contributed by atoms with Gasteiger partial charge in [-0.2, -0.15) is 0 Å².